The van der Waals surface area contributed by atoms with E-state index in [0.717, 1.165) is 26.5 Å². The van der Waals surface area contributed by atoms with E-state index in [0.29, 0.717) is 11.3 Å². The van der Waals surface area contributed by atoms with Gasteiger partial charge in [0.2, 0.25) is 0 Å². The van der Waals surface area contributed by atoms with E-state index in [-0.39, 0.29) is 0 Å². The summed E-state index contributed by atoms with van der Waals surface area (Å²) in [6.07, 6.45) is 1.45. The molecule has 2 rings (SSSR count). The number of fused-ring (bicyclic) bond motifs is 1. The third-order valence-electron chi connectivity index (χ3n) is 2.96. The number of hydrogen-bond acceptors (Lipinski definition) is 4. The Morgan fingerprint density at radius 1 is 1.44 bits per heavy atom. The molecule has 0 fully saturated rings. The summed E-state index contributed by atoms with van der Waals surface area (Å²) in [6.45, 7) is 3.93. The minimum Gasteiger partial charge on any atom is -0.465 e. The molecule has 1 aromatic carbocycles. The summed E-state index contributed by atoms with van der Waals surface area (Å²) in [5.74, 6) is -0.474. The number of carbonyl (C=O) groups excluding carboxylic acids is 1. The normalized spacial score (nSPS) is 10.7. The number of hydrogen-bond donors (Lipinski definition) is 1. The van der Waals surface area contributed by atoms with Crippen LogP contribution in [0.1, 0.15) is 21.5 Å². The van der Waals surface area contributed by atoms with Crippen LogP contribution < -0.4 is 5.73 Å². The van der Waals surface area contributed by atoms with Gasteiger partial charge in [0.15, 0.2) is 0 Å². The minimum absolute atomic E-state index is 0.295. The Hall–Kier alpha value is -1.62. The van der Waals surface area contributed by atoms with Crippen LogP contribution in [0.5, 0.6) is 0 Å². The molecule has 0 saturated heterocycles. The van der Waals surface area contributed by atoms with E-state index in [1.807, 2.05) is 19.9 Å². The summed E-state index contributed by atoms with van der Waals surface area (Å²) in [5, 5.41) is 0.787. The molecule has 5 heteroatoms. The number of anilines is 1. The number of carbonyl (C=O) groups is 1. The smallest absolute Gasteiger partial charge is 0.341 e. The maximum absolute atomic E-state index is 11.6. The quantitative estimate of drug-likeness (QED) is 0.823. The van der Waals surface area contributed by atoms with Crippen LogP contribution in [-0.2, 0) is 4.74 Å². The van der Waals surface area contributed by atoms with Gasteiger partial charge in [-0.05, 0) is 31.0 Å². The Kier molecular flexibility index (Phi) is 3.26. The molecule has 94 valence electrons. The number of nitrogens with two attached hydrogens (primary N) is 1. The average molecular weight is 309 g/mol. The van der Waals surface area contributed by atoms with Crippen LogP contribution >= 0.6 is 15.9 Å². The van der Waals surface area contributed by atoms with Crippen LogP contribution in [0, 0.1) is 13.8 Å². The molecule has 0 spiro atoms. The lowest BCUT2D eigenvalue weighted by Gasteiger charge is -2.12. The third-order valence-corrected chi connectivity index (χ3v) is 4.18. The summed E-state index contributed by atoms with van der Waals surface area (Å²) in [4.78, 5) is 15.9. The van der Waals surface area contributed by atoms with Crippen LogP contribution in [0.3, 0.4) is 0 Å². The van der Waals surface area contributed by atoms with Crippen LogP contribution in [-0.4, -0.2) is 18.1 Å². The fourth-order valence-corrected chi connectivity index (χ4v) is 2.30. The van der Waals surface area contributed by atoms with Crippen LogP contribution in [0.4, 0.5) is 5.69 Å². The van der Waals surface area contributed by atoms with Gasteiger partial charge < -0.3 is 10.5 Å². The lowest BCUT2D eigenvalue weighted by Crippen LogP contribution is -2.07. The number of ether oxygens (including phenoxy) is 1. The highest BCUT2D eigenvalue weighted by molar-refractivity contribution is 9.10. The number of pyridine rings is 1. The first-order valence-electron chi connectivity index (χ1n) is 5.39. The van der Waals surface area contributed by atoms with E-state index in [2.05, 4.69) is 25.7 Å². The van der Waals surface area contributed by atoms with E-state index < -0.39 is 5.97 Å². The van der Waals surface area contributed by atoms with E-state index in [1.54, 1.807) is 0 Å². The standard InChI is InChI=1S/C13H13BrN2O2/c1-6-4-9-10(7(2)11(6)14)12(15)8(5-16-9)13(17)18-3/h4-5H,1-3H3,(H2,15,16). The van der Waals surface area contributed by atoms with E-state index in [4.69, 9.17) is 5.73 Å². The topological polar surface area (TPSA) is 65.2 Å². The van der Waals surface area contributed by atoms with E-state index >= 15 is 0 Å². The summed E-state index contributed by atoms with van der Waals surface area (Å²) in [6, 6.07) is 1.93. The highest BCUT2D eigenvalue weighted by atomic mass is 79.9. The molecule has 0 radical (unpaired) electrons. The number of esters is 1. The number of aromatic nitrogens is 1. The Balaban J connectivity index is 2.86. The molecule has 0 saturated carbocycles. The second-order valence-corrected chi connectivity index (χ2v) is 4.90. The SMILES string of the molecule is COC(=O)c1cnc2cc(C)c(Br)c(C)c2c1N. The molecule has 0 aliphatic rings. The Morgan fingerprint density at radius 2 is 2.11 bits per heavy atom. The van der Waals surface area contributed by atoms with Gasteiger partial charge >= 0.3 is 5.97 Å². The number of nitrogen functional groups attached to an aromatic ring is 1. The first kappa shape index (κ1) is 12.8. The first-order chi connectivity index (χ1) is 8.47. The Bertz CT molecular complexity index is 653. The van der Waals surface area contributed by atoms with Gasteiger partial charge in [0.1, 0.15) is 5.56 Å². The van der Waals surface area contributed by atoms with Crippen molar-refractivity contribution in [2.45, 2.75) is 13.8 Å². The number of aryl methyl sites for hydroxylation is 2. The molecular weight excluding hydrogens is 296 g/mol. The number of nitrogens with zero attached hydrogens (tertiary/aromatic N) is 1. The highest BCUT2D eigenvalue weighted by Gasteiger charge is 2.16. The molecule has 0 bridgehead atoms. The maximum atomic E-state index is 11.6. The van der Waals surface area contributed by atoms with Crippen molar-refractivity contribution in [1.82, 2.24) is 4.98 Å². The molecule has 1 heterocycles. The van der Waals surface area contributed by atoms with Gasteiger partial charge in [-0.25, -0.2) is 4.79 Å². The van der Waals surface area contributed by atoms with Crippen molar-refractivity contribution in [3.8, 4) is 0 Å². The third kappa shape index (κ3) is 1.84. The van der Waals surface area contributed by atoms with Gasteiger partial charge in [-0.3, -0.25) is 4.98 Å². The fraction of sp³-hybridized carbons (Fsp3) is 0.231. The van der Waals surface area contributed by atoms with Gasteiger partial charge in [-0.1, -0.05) is 15.9 Å². The zero-order valence-corrected chi connectivity index (χ0v) is 12.0. The Labute approximate surface area is 113 Å². The monoisotopic (exact) mass is 308 g/mol. The van der Waals surface area contributed by atoms with Crippen molar-refractivity contribution >= 4 is 38.5 Å². The molecule has 0 aliphatic heterocycles. The van der Waals surface area contributed by atoms with Crippen molar-refractivity contribution in [2.24, 2.45) is 0 Å². The van der Waals surface area contributed by atoms with Crippen LogP contribution in [0.25, 0.3) is 10.9 Å². The van der Waals surface area contributed by atoms with Crippen molar-refractivity contribution in [1.29, 1.82) is 0 Å². The lowest BCUT2D eigenvalue weighted by molar-refractivity contribution is 0.0601. The molecule has 18 heavy (non-hydrogen) atoms. The van der Waals surface area contributed by atoms with Crippen molar-refractivity contribution < 1.29 is 9.53 Å². The lowest BCUT2D eigenvalue weighted by atomic mass is 10.0. The second kappa shape index (κ2) is 4.57. The summed E-state index contributed by atoms with van der Waals surface area (Å²) in [7, 11) is 1.32. The molecule has 2 N–H and O–H groups in total. The van der Waals surface area contributed by atoms with Gasteiger partial charge in [0.25, 0.3) is 0 Å². The minimum atomic E-state index is -0.474. The Morgan fingerprint density at radius 3 is 2.72 bits per heavy atom. The van der Waals surface area contributed by atoms with Crippen molar-refractivity contribution in [3.05, 3.63) is 33.4 Å². The molecule has 2 aromatic rings. The summed E-state index contributed by atoms with van der Waals surface area (Å²) >= 11 is 3.51. The number of benzene rings is 1. The first-order valence-corrected chi connectivity index (χ1v) is 6.18. The predicted octanol–water partition coefficient (Wildman–Crippen LogP) is 2.98. The predicted molar refractivity (Wildman–Crippen MR) is 74.7 cm³/mol. The van der Waals surface area contributed by atoms with E-state index in [9.17, 15) is 4.79 Å². The van der Waals surface area contributed by atoms with Crippen LogP contribution in [0.15, 0.2) is 16.7 Å². The van der Waals surface area contributed by atoms with Gasteiger partial charge in [0.05, 0.1) is 18.3 Å². The number of halogens is 1. The molecule has 1 aromatic heterocycles. The molecule has 4 nitrogen and oxygen atoms in total. The second-order valence-electron chi connectivity index (χ2n) is 4.10. The zero-order chi connectivity index (χ0) is 13.4. The van der Waals surface area contributed by atoms with Gasteiger partial charge in [-0.15, -0.1) is 0 Å². The summed E-state index contributed by atoms with van der Waals surface area (Å²) < 4.78 is 5.67. The largest absolute Gasteiger partial charge is 0.465 e. The molecule has 0 unspecified atom stereocenters. The van der Waals surface area contributed by atoms with E-state index in [1.165, 1.54) is 13.3 Å². The molecular formula is C13H13BrN2O2. The number of rotatable bonds is 1. The molecule has 0 atom stereocenters. The number of methoxy groups -OCH3 is 1. The molecule has 0 aliphatic carbocycles. The molecule has 0 amide bonds. The van der Waals surface area contributed by atoms with Crippen LogP contribution in [0.2, 0.25) is 0 Å². The average Bonchev–Trinajstić information content (AvgIpc) is 2.35. The van der Waals surface area contributed by atoms with Gasteiger partial charge in [0, 0.05) is 16.1 Å². The zero-order valence-electron chi connectivity index (χ0n) is 10.4. The maximum Gasteiger partial charge on any atom is 0.341 e. The van der Waals surface area contributed by atoms with Crippen molar-refractivity contribution in [3.63, 3.8) is 0 Å². The highest BCUT2D eigenvalue weighted by Crippen LogP contribution is 2.33. The summed E-state index contributed by atoms with van der Waals surface area (Å²) in [5.41, 5.74) is 9.59. The van der Waals surface area contributed by atoms with Crippen molar-refractivity contribution in [2.75, 3.05) is 12.8 Å². The van der Waals surface area contributed by atoms with Gasteiger partial charge in [-0.2, -0.15) is 0 Å². The fourth-order valence-electron chi connectivity index (χ4n) is 1.99.